The van der Waals surface area contributed by atoms with Crippen LogP contribution in [0.5, 0.6) is 0 Å². The highest BCUT2D eigenvalue weighted by Gasteiger charge is 2.59. The molecular weight excluding hydrogens is 308 g/mol. The average Bonchev–Trinajstić information content (AvgIpc) is 3.03. The molecule has 6 heteroatoms. The third kappa shape index (κ3) is 3.34. The molecule has 0 saturated heterocycles. The first kappa shape index (κ1) is 17.0. The lowest BCUT2D eigenvalue weighted by Gasteiger charge is -2.61. The van der Waals surface area contributed by atoms with Crippen molar-refractivity contribution in [1.29, 1.82) is 0 Å². The van der Waals surface area contributed by atoms with Crippen molar-refractivity contribution in [3.63, 3.8) is 0 Å². The number of amides is 2. The second-order valence-corrected chi connectivity index (χ2v) is 6.72. The van der Waals surface area contributed by atoms with Gasteiger partial charge in [-0.2, -0.15) is 0 Å². The first-order valence-electron chi connectivity index (χ1n) is 8.88. The van der Waals surface area contributed by atoms with Crippen molar-refractivity contribution in [3.05, 3.63) is 24.2 Å². The smallest absolute Gasteiger partial charge is 0.286 e. The van der Waals surface area contributed by atoms with Crippen LogP contribution in [-0.4, -0.2) is 37.1 Å². The second kappa shape index (κ2) is 7.38. The highest BCUT2D eigenvalue weighted by atomic mass is 16.5. The fourth-order valence-electron chi connectivity index (χ4n) is 3.85. The standard InChI is InChI=1S/C18H26N2O4/c1-2-23-15-12-14(18(15)8-5-9-18)20-16(21)7-3-10-19-17(22)13-6-4-11-24-13/h4,6,11,14-15H,2-3,5,7-10,12H2,1H3,(H,19,22)(H,20,21)/t14-,15-/m0/s1. The molecule has 2 saturated carbocycles. The minimum atomic E-state index is -0.243. The molecule has 1 aromatic rings. The highest BCUT2D eigenvalue weighted by molar-refractivity contribution is 5.91. The van der Waals surface area contributed by atoms with Crippen molar-refractivity contribution in [2.75, 3.05) is 13.2 Å². The number of carbonyl (C=O) groups is 2. The van der Waals surface area contributed by atoms with Crippen LogP contribution < -0.4 is 10.6 Å². The SMILES string of the molecule is CCO[C@H]1C[C@H](NC(=O)CCCNC(=O)c2ccco2)C12CCC2. The van der Waals surface area contributed by atoms with E-state index in [9.17, 15) is 9.59 Å². The summed E-state index contributed by atoms with van der Waals surface area (Å²) in [5.74, 6) is 0.114. The van der Waals surface area contributed by atoms with Gasteiger partial charge in [-0.25, -0.2) is 0 Å². The molecule has 0 radical (unpaired) electrons. The number of hydrogen-bond donors (Lipinski definition) is 2. The van der Waals surface area contributed by atoms with Gasteiger partial charge in [0.1, 0.15) is 0 Å². The molecule has 0 unspecified atom stereocenters. The van der Waals surface area contributed by atoms with Gasteiger partial charge in [-0.15, -0.1) is 0 Å². The van der Waals surface area contributed by atoms with E-state index in [1.54, 1.807) is 12.1 Å². The lowest BCUT2D eigenvalue weighted by molar-refractivity contribution is -0.175. The molecule has 0 aliphatic heterocycles. The van der Waals surface area contributed by atoms with Crippen LogP contribution in [0.3, 0.4) is 0 Å². The van der Waals surface area contributed by atoms with Crippen molar-refractivity contribution >= 4 is 11.8 Å². The maximum Gasteiger partial charge on any atom is 0.286 e. The Balaban J connectivity index is 1.34. The maximum atomic E-state index is 12.1. The molecule has 0 aromatic carbocycles. The maximum absolute atomic E-state index is 12.1. The van der Waals surface area contributed by atoms with Crippen molar-refractivity contribution in [2.45, 2.75) is 57.6 Å². The van der Waals surface area contributed by atoms with Gasteiger partial charge in [0.15, 0.2) is 5.76 Å². The summed E-state index contributed by atoms with van der Waals surface area (Å²) in [5, 5.41) is 5.91. The van der Waals surface area contributed by atoms with Crippen molar-refractivity contribution in [1.82, 2.24) is 10.6 Å². The van der Waals surface area contributed by atoms with Gasteiger partial charge in [0.2, 0.25) is 5.91 Å². The molecule has 2 aliphatic carbocycles. The minimum absolute atomic E-state index is 0.0634. The van der Waals surface area contributed by atoms with Gasteiger partial charge in [0.05, 0.1) is 12.4 Å². The van der Waals surface area contributed by atoms with E-state index in [-0.39, 0.29) is 23.3 Å². The topological polar surface area (TPSA) is 80.6 Å². The molecule has 1 heterocycles. The zero-order valence-corrected chi connectivity index (χ0v) is 14.2. The molecule has 1 aromatic heterocycles. The van der Waals surface area contributed by atoms with E-state index in [1.807, 2.05) is 6.92 Å². The lowest BCUT2D eigenvalue weighted by atomic mass is 9.51. The quantitative estimate of drug-likeness (QED) is 0.715. The first-order valence-corrected chi connectivity index (χ1v) is 8.88. The summed E-state index contributed by atoms with van der Waals surface area (Å²) in [6, 6.07) is 3.55. The van der Waals surface area contributed by atoms with Gasteiger partial charge in [0, 0.05) is 31.0 Å². The lowest BCUT2D eigenvalue weighted by Crippen LogP contribution is -2.67. The van der Waals surface area contributed by atoms with Crippen LogP contribution in [0.25, 0.3) is 0 Å². The Morgan fingerprint density at radius 3 is 2.88 bits per heavy atom. The molecule has 2 aliphatic rings. The predicted octanol–water partition coefficient (Wildman–Crippen LogP) is 2.25. The number of nitrogens with one attached hydrogen (secondary N) is 2. The zero-order valence-electron chi connectivity index (χ0n) is 14.2. The van der Waals surface area contributed by atoms with E-state index in [0.29, 0.717) is 31.3 Å². The first-order chi connectivity index (χ1) is 11.7. The Morgan fingerprint density at radius 2 is 2.25 bits per heavy atom. The zero-order chi connectivity index (χ0) is 17.0. The van der Waals surface area contributed by atoms with Crippen LogP contribution in [-0.2, 0) is 9.53 Å². The van der Waals surface area contributed by atoms with Crippen LogP contribution in [0.4, 0.5) is 0 Å². The van der Waals surface area contributed by atoms with Crippen molar-refractivity contribution in [3.8, 4) is 0 Å². The van der Waals surface area contributed by atoms with Gasteiger partial charge in [-0.05, 0) is 44.7 Å². The number of hydrogen-bond acceptors (Lipinski definition) is 4. The summed E-state index contributed by atoms with van der Waals surface area (Å²) >= 11 is 0. The summed E-state index contributed by atoms with van der Waals surface area (Å²) in [4.78, 5) is 23.8. The van der Waals surface area contributed by atoms with Crippen LogP contribution in [0.2, 0.25) is 0 Å². The largest absolute Gasteiger partial charge is 0.459 e. The van der Waals surface area contributed by atoms with Gasteiger partial charge >= 0.3 is 0 Å². The fraction of sp³-hybridized carbons (Fsp3) is 0.667. The van der Waals surface area contributed by atoms with Crippen LogP contribution in [0.1, 0.15) is 56.0 Å². The van der Waals surface area contributed by atoms with Gasteiger partial charge in [-0.3, -0.25) is 9.59 Å². The summed E-state index contributed by atoms with van der Waals surface area (Å²) in [7, 11) is 0. The Labute approximate surface area is 142 Å². The third-order valence-electron chi connectivity index (χ3n) is 5.38. The Morgan fingerprint density at radius 1 is 1.42 bits per heavy atom. The van der Waals surface area contributed by atoms with E-state index in [0.717, 1.165) is 25.9 Å². The van der Waals surface area contributed by atoms with E-state index in [4.69, 9.17) is 9.15 Å². The molecule has 2 N–H and O–H groups in total. The van der Waals surface area contributed by atoms with E-state index in [1.165, 1.54) is 12.7 Å². The summed E-state index contributed by atoms with van der Waals surface area (Å²) in [6.45, 7) is 3.22. The predicted molar refractivity (Wildman–Crippen MR) is 88.5 cm³/mol. The average molecular weight is 334 g/mol. The highest BCUT2D eigenvalue weighted by Crippen LogP contribution is 2.57. The molecule has 0 bridgehead atoms. The monoisotopic (exact) mass is 334 g/mol. The Bertz CT molecular complexity index is 566. The number of rotatable bonds is 8. The van der Waals surface area contributed by atoms with Gasteiger partial charge in [0.25, 0.3) is 5.91 Å². The van der Waals surface area contributed by atoms with E-state index in [2.05, 4.69) is 10.6 Å². The normalized spacial score (nSPS) is 24.0. The molecule has 3 rings (SSSR count). The van der Waals surface area contributed by atoms with Crippen LogP contribution >= 0.6 is 0 Å². The van der Waals surface area contributed by atoms with Crippen LogP contribution in [0, 0.1) is 5.41 Å². The molecule has 2 fully saturated rings. The fourth-order valence-corrected chi connectivity index (χ4v) is 3.85. The summed E-state index contributed by atoms with van der Waals surface area (Å²) < 4.78 is 10.8. The van der Waals surface area contributed by atoms with Crippen molar-refractivity contribution in [2.24, 2.45) is 5.41 Å². The molecule has 6 nitrogen and oxygen atoms in total. The third-order valence-corrected chi connectivity index (χ3v) is 5.38. The van der Waals surface area contributed by atoms with Crippen LogP contribution in [0.15, 0.2) is 22.8 Å². The number of ether oxygens (including phenoxy) is 1. The second-order valence-electron chi connectivity index (χ2n) is 6.72. The van der Waals surface area contributed by atoms with Crippen molar-refractivity contribution < 1.29 is 18.7 Å². The number of carbonyl (C=O) groups excluding carboxylic acids is 2. The summed E-state index contributed by atoms with van der Waals surface area (Å²) in [6.07, 6.45) is 7.28. The molecule has 2 atom stereocenters. The molecule has 24 heavy (non-hydrogen) atoms. The minimum Gasteiger partial charge on any atom is -0.459 e. The van der Waals surface area contributed by atoms with Gasteiger partial charge < -0.3 is 19.8 Å². The number of furan rings is 1. The van der Waals surface area contributed by atoms with Gasteiger partial charge in [-0.1, -0.05) is 6.42 Å². The molecule has 132 valence electrons. The molecule has 1 spiro atoms. The van der Waals surface area contributed by atoms with E-state index < -0.39 is 0 Å². The molecular formula is C18H26N2O4. The van der Waals surface area contributed by atoms with E-state index >= 15 is 0 Å². The Kier molecular flexibility index (Phi) is 5.23. The molecule has 2 amide bonds. The summed E-state index contributed by atoms with van der Waals surface area (Å²) in [5.41, 5.74) is 0.194. The Hall–Kier alpha value is -1.82.